The molecule has 2 N–H and O–H groups in total. The molecule has 0 radical (unpaired) electrons. The third-order valence-electron chi connectivity index (χ3n) is 3.07. The van der Waals surface area contributed by atoms with E-state index in [1.807, 2.05) is 18.7 Å². The van der Waals surface area contributed by atoms with Gasteiger partial charge in [0.05, 0.1) is 11.1 Å². The first-order chi connectivity index (χ1) is 9.86. The van der Waals surface area contributed by atoms with Crippen molar-refractivity contribution < 1.29 is 17.7 Å². The third kappa shape index (κ3) is 3.09. The van der Waals surface area contributed by atoms with Crippen LogP contribution in [0.4, 0.5) is 24.8 Å². The van der Waals surface area contributed by atoms with Crippen LogP contribution in [0.25, 0.3) is 11.5 Å². The maximum atomic E-state index is 12.6. The van der Waals surface area contributed by atoms with Crippen molar-refractivity contribution in [3.05, 3.63) is 23.8 Å². The summed E-state index contributed by atoms with van der Waals surface area (Å²) in [5, 5.41) is 3.81. The molecular weight excluding hydrogens is 285 g/mol. The Morgan fingerprint density at radius 3 is 2.43 bits per heavy atom. The van der Waals surface area contributed by atoms with E-state index in [4.69, 9.17) is 10.3 Å². The van der Waals surface area contributed by atoms with E-state index < -0.39 is 11.7 Å². The predicted molar refractivity (Wildman–Crippen MR) is 72.7 cm³/mol. The van der Waals surface area contributed by atoms with Gasteiger partial charge in [0.1, 0.15) is 0 Å². The molecule has 8 heteroatoms. The number of nitrogens with zero attached hydrogens (tertiary/aromatic N) is 3. The van der Waals surface area contributed by atoms with Crippen LogP contribution in [0.3, 0.4) is 0 Å². The Morgan fingerprint density at radius 2 is 1.90 bits per heavy atom. The predicted octanol–water partition coefficient (Wildman–Crippen LogP) is 3.18. The minimum Gasteiger partial charge on any atom is -0.398 e. The molecule has 0 aliphatic heterocycles. The Labute approximate surface area is 119 Å². The molecule has 2 rings (SSSR count). The highest BCUT2D eigenvalue weighted by Gasteiger charge is 2.31. The molecule has 0 saturated heterocycles. The number of alkyl halides is 3. The lowest BCUT2D eigenvalue weighted by Crippen LogP contribution is -2.22. The average Bonchev–Trinajstić information content (AvgIpc) is 2.88. The summed E-state index contributed by atoms with van der Waals surface area (Å²) in [4.78, 5) is 6.02. The minimum atomic E-state index is -4.44. The van der Waals surface area contributed by atoms with E-state index >= 15 is 0 Å². The molecule has 0 amide bonds. The first-order valence-corrected chi connectivity index (χ1v) is 6.42. The lowest BCUT2D eigenvalue weighted by Gasteiger charge is -2.14. The number of hydrogen-bond acceptors (Lipinski definition) is 5. The van der Waals surface area contributed by atoms with Gasteiger partial charge in [-0.2, -0.15) is 18.2 Å². The van der Waals surface area contributed by atoms with Crippen LogP contribution >= 0.6 is 0 Å². The Morgan fingerprint density at radius 1 is 1.24 bits per heavy atom. The average molecular weight is 300 g/mol. The summed E-state index contributed by atoms with van der Waals surface area (Å²) >= 11 is 0. The van der Waals surface area contributed by atoms with E-state index in [0.29, 0.717) is 19.0 Å². The Balaban J connectivity index is 2.35. The fourth-order valence-corrected chi connectivity index (χ4v) is 1.89. The van der Waals surface area contributed by atoms with Crippen LogP contribution in [0.15, 0.2) is 22.7 Å². The molecule has 0 unspecified atom stereocenters. The van der Waals surface area contributed by atoms with Gasteiger partial charge >= 0.3 is 6.18 Å². The molecule has 0 spiro atoms. The molecule has 0 saturated carbocycles. The molecule has 1 heterocycles. The highest BCUT2D eigenvalue weighted by Crippen LogP contribution is 2.34. The van der Waals surface area contributed by atoms with Crippen molar-refractivity contribution in [2.45, 2.75) is 20.0 Å². The monoisotopic (exact) mass is 300 g/mol. The minimum absolute atomic E-state index is 0.0560. The summed E-state index contributed by atoms with van der Waals surface area (Å²) in [6.07, 6.45) is -4.44. The van der Waals surface area contributed by atoms with E-state index in [2.05, 4.69) is 10.1 Å². The van der Waals surface area contributed by atoms with Gasteiger partial charge in [0, 0.05) is 18.8 Å². The standard InChI is InChI=1S/C13H15F3N4O/c1-3-20(4-2)12-18-11(21-19-12)9-6-5-8(7-10(9)17)13(14,15)16/h5-7H,3-4,17H2,1-2H3. The lowest BCUT2D eigenvalue weighted by atomic mass is 10.1. The van der Waals surface area contributed by atoms with Crippen LogP contribution < -0.4 is 10.6 Å². The lowest BCUT2D eigenvalue weighted by molar-refractivity contribution is -0.137. The molecule has 2 aromatic rings. The van der Waals surface area contributed by atoms with Gasteiger partial charge in [-0.05, 0) is 37.2 Å². The number of rotatable bonds is 4. The van der Waals surface area contributed by atoms with Crippen molar-refractivity contribution in [2.24, 2.45) is 0 Å². The Kier molecular flexibility index (Phi) is 4.06. The van der Waals surface area contributed by atoms with Gasteiger partial charge in [-0.3, -0.25) is 0 Å². The fraction of sp³-hybridized carbons (Fsp3) is 0.385. The number of nitrogen functional groups attached to an aromatic ring is 1. The van der Waals surface area contributed by atoms with Crippen molar-refractivity contribution in [1.29, 1.82) is 0 Å². The van der Waals surface area contributed by atoms with Crippen LogP contribution in [0.2, 0.25) is 0 Å². The van der Waals surface area contributed by atoms with Crippen LogP contribution in [0.5, 0.6) is 0 Å². The molecule has 0 fully saturated rings. The van der Waals surface area contributed by atoms with E-state index in [1.165, 1.54) is 6.07 Å². The van der Waals surface area contributed by atoms with Gasteiger partial charge in [-0.1, -0.05) is 0 Å². The quantitative estimate of drug-likeness (QED) is 0.878. The van der Waals surface area contributed by atoms with Gasteiger partial charge in [-0.15, -0.1) is 0 Å². The SMILES string of the molecule is CCN(CC)c1noc(-c2ccc(C(F)(F)F)cc2N)n1. The normalized spacial score (nSPS) is 11.7. The highest BCUT2D eigenvalue weighted by molar-refractivity contribution is 5.71. The number of hydrogen-bond donors (Lipinski definition) is 1. The molecule has 1 aromatic heterocycles. The fourth-order valence-electron chi connectivity index (χ4n) is 1.89. The summed E-state index contributed by atoms with van der Waals surface area (Å²) < 4.78 is 42.8. The second kappa shape index (κ2) is 5.63. The first kappa shape index (κ1) is 15.1. The van der Waals surface area contributed by atoms with Crippen molar-refractivity contribution in [3.63, 3.8) is 0 Å². The van der Waals surface area contributed by atoms with E-state index in [1.54, 1.807) is 0 Å². The highest BCUT2D eigenvalue weighted by atomic mass is 19.4. The van der Waals surface area contributed by atoms with Crippen LogP contribution in [-0.2, 0) is 6.18 Å². The molecule has 21 heavy (non-hydrogen) atoms. The number of aromatic nitrogens is 2. The van der Waals surface area contributed by atoms with Crippen molar-refractivity contribution in [2.75, 3.05) is 23.7 Å². The number of nitrogens with two attached hydrogens (primary N) is 1. The van der Waals surface area contributed by atoms with Gasteiger partial charge < -0.3 is 15.2 Å². The second-order valence-corrected chi connectivity index (χ2v) is 4.37. The number of benzene rings is 1. The summed E-state index contributed by atoms with van der Waals surface area (Å²) in [5.74, 6) is 0.484. The Bertz CT molecular complexity index is 620. The van der Waals surface area contributed by atoms with E-state index in [0.717, 1.165) is 12.1 Å². The van der Waals surface area contributed by atoms with Gasteiger partial charge in [0.25, 0.3) is 11.8 Å². The maximum absolute atomic E-state index is 12.6. The molecule has 0 aliphatic carbocycles. The molecule has 1 aromatic carbocycles. The van der Waals surface area contributed by atoms with Crippen molar-refractivity contribution in [1.82, 2.24) is 10.1 Å². The van der Waals surface area contributed by atoms with Crippen LogP contribution in [-0.4, -0.2) is 23.2 Å². The summed E-state index contributed by atoms with van der Waals surface area (Å²) in [6.45, 7) is 5.26. The maximum Gasteiger partial charge on any atom is 0.416 e. The zero-order valence-corrected chi connectivity index (χ0v) is 11.6. The summed E-state index contributed by atoms with van der Waals surface area (Å²) in [6, 6.07) is 3.03. The second-order valence-electron chi connectivity index (χ2n) is 4.37. The van der Waals surface area contributed by atoms with Crippen molar-refractivity contribution >= 4 is 11.6 Å². The Hall–Kier alpha value is -2.25. The molecule has 5 nitrogen and oxygen atoms in total. The topological polar surface area (TPSA) is 68.2 Å². The summed E-state index contributed by atoms with van der Waals surface area (Å²) in [7, 11) is 0. The zero-order chi connectivity index (χ0) is 15.6. The van der Waals surface area contributed by atoms with Gasteiger partial charge in [0.15, 0.2) is 0 Å². The third-order valence-corrected chi connectivity index (χ3v) is 3.07. The number of anilines is 2. The summed E-state index contributed by atoms with van der Waals surface area (Å²) in [5.41, 5.74) is 5.08. The molecular formula is C13H15F3N4O. The largest absolute Gasteiger partial charge is 0.416 e. The van der Waals surface area contributed by atoms with E-state index in [-0.39, 0.29) is 17.1 Å². The van der Waals surface area contributed by atoms with Crippen molar-refractivity contribution in [3.8, 4) is 11.5 Å². The van der Waals surface area contributed by atoms with Crippen LogP contribution in [0, 0.1) is 0 Å². The first-order valence-electron chi connectivity index (χ1n) is 6.42. The number of halogens is 3. The molecule has 0 bridgehead atoms. The molecule has 0 aliphatic rings. The zero-order valence-electron chi connectivity index (χ0n) is 11.6. The van der Waals surface area contributed by atoms with Crippen LogP contribution in [0.1, 0.15) is 19.4 Å². The molecule has 0 atom stereocenters. The van der Waals surface area contributed by atoms with E-state index in [9.17, 15) is 13.2 Å². The smallest absolute Gasteiger partial charge is 0.398 e. The van der Waals surface area contributed by atoms with Gasteiger partial charge in [0.2, 0.25) is 0 Å². The van der Waals surface area contributed by atoms with Gasteiger partial charge in [-0.25, -0.2) is 0 Å². The molecule has 114 valence electrons.